The molecule has 1 heterocycles. The molecule has 0 atom stereocenters. The molecule has 2 rings (SSSR count). The molecule has 0 fully saturated rings. The van der Waals surface area contributed by atoms with Gasteiger partial charge in [0.2, 0.25) is 0 Å². The Morgan fingerprint density at radius 2 is 2.17 bits per heavy atom. The average Bonchev–Trinajstić information content (AvgIpc) is 2.78. The molecule has 3 nitrogen and oxygen atoms in total. The zero-order chi connectivity index (χ0) is 13.2. The van der Waals surface area contributed by atoms with Gasteiger partial charge >= 0.3 is 0 Å². The Morgan fingerprint density at radius 3 is 2.78 bits per heavy atom. The molecule has 0 saturated heterocycles. The third-order valence-electron chi connectivity index (χ3n) is 2.34. The fourth-order valence-electron chi connectivity index (χ4n) is 1.48. The normalized spacial score (nSPS) is 11.7. The van der Waals surface area contributed by atoms with Crippen LogP contribution in [0, 0.1) is 5.82 Å². The maximum absolute atomic E-state index is 13.5. The van der Waals surface area contributed by atoms with Crippen molar-refractivity contribution >= 4 is 32.8 Å². The van der Waals surface area contributed by atoms with Gasteiger partial charge in [0.25, 0.3) is 0 Å². The first kappa shape index (κ1) is 13.5. The summed E-state index contributed by atoms with van der Waals surface area (Å²) in [4.78, 5) is 3.56. The Morgan fingerprint density at radius 1 is 1.39 bits per heavy atom. The SMILES string of the molecule is O=S(=O)(CCc1cscn1)c1c(F)cccc1Cl. The second kappa shape index (κ2) is 5.34. The maximum Gasteiger partial charge on any atom is 0.183 e. The third kappa shape index (κ3) is 2.88. The predicted octanol–water partition coefficient (Wildman–Crippen LogP) is 2.95. The second-order valence-electron chi connectivity index (χ2n) is 3.60. The van der Waals surface area contributed by atoms with Crippen LogP contribution in [0.25, 0.3) is 0 Å². The summed E-state index contributed by atoms with van der Waals surface area (Å²) < 4.78 is 37.6. The molecule has 0 amide bonds. The van der Waals surface area contributed by atoms with Gasteiger partial charge in [-0.05, 0) is 12.1 Å². The molecule has 0 unspecified atom stereocenters. The summed E-state index contributed by atoms with van der Waals surface area (Å²) in [5.41, 5.74) is 2.30. The lowest BCUT2D eigenvalue weighted by Crippen LogP contribution is -2.12. The molecule has 0 N–H and O–H groups in total. The summed E-state index contributed by atoms with van der Waals surface area (Å²) in [6.45, 7) is 0. The predicted molar refractivity (Wildman–Crippen MR) is 69.3 cm³/mol. The van der Waals surface area contributed by atoms with Gasteiger partial charge in [-0.15, -0.1) is 11.3 Å². The van der Waals surface area contributed by atoms with E-state index in [0.29, 0.717) is 5.69 Å². The molecule has 0 bridgehead atoms. The smallest absolute Gasteiger partial charge is 0.183 e. The number of thiazole rings is 1. The van der Waals surface area contributed by atoms with Crippen molar-refractivity contribution in [2.24, 2.45) is 0 Å². The van der Waals surface area contributed by atoms with Crippen molar-refractivity contribution in [2.45, 2.75) is 11.3 Å². The van der Waals surface area contributed by atoms with Gasteiger partial charge in [0.15, 0.2) is 9.84 Å². The molecule has 96 valence electrons. The topological polar surface area (TPSA) is 47.0 Å². The number of aromatic nitrogens is 1. The minimum absolute atomic E-state index is 0.0896. The monoisotopic (exact) mass is 305 g/mol. The maximum atomic E-state index is 13.5. The van der Waals surface area contributed by atoms with Crippen molar-refractivity contribution in [3.05, 3.63) is 45.6 Å². The standard InChI is InChI=1S/C11H9ClFNO2S2/c12-9-2-1-3-10(13)11(9)18(15,16)5-4-8-6-17-7-14-8/h1-3,6-7H,4-5H2. The van der Waals surface area contributed by atoms with Crippen LogP contribution in [-0.4, -0.2) is 19.2 Å². The van der Waals surface area contributed by atoms with Gasteiger partial charge in [-0.2, -0.15) is 0 Å². The quantitative estimate of drug-likeness (QED) is 0.872. The van der Waals surface area contributed by atoms with E-state index < -0.39 is 20.5 Å². The molecule has 0 spiro atoms. The summed E-state index contributed by atoms with van der Waals surface area (Å²) in [5.74, 6) is -1.03. The number of sulfone groups is 1. The van der Waals surface area contributed by atoms with Crippen LogP contribution in [0.1, 0.15) is 5.69 Å². The summed E-state index contributed by atoms with van der Waals surface area (Å²) in [5, 5.41) is 1.67. The third-order valence-corrected chi connectivity index (χ3v) is 5.18. The van der Waals surface area contributed by atoms with Crippen LogP contribution < -0.4 is 0 Å². The second-order valence-corrected chi connectivity index (χ2v) is 6.77. The molecule has 0 saturated carbocycles. The van der Waals surface area contributed by atoms with E-state index in [0.717, 1.165) is 6.07 Å². The summed E-state index contributed by atoms with van der Waals surface area (Å²) in [6.07, 6.45) is 0.247. The summed E-state index contributed by atoms with van der Waals surface area (Å²) in [6, 6.07) is 3.82. The van der Waals surface area contributed by atoms with Crippen molar-refractivity contribution in [3.8, 4) is 0 Å². The number of halogens is 2. The first-order valence-corrected chi connectivity index (χ1v) is 8.02. The number of aryl methyl sites for hydroxylation is 1. The van der Waals surface area contributed by atoms with Gasteiger partial charge in [-0.1, -0.05) is 17.7 Å². The Balaban J connectivity index is 2.26. The van der Waals surface area contributed by atoms with E-state index in [1.54, 1.807) is 10.9 Å². The number of nitrogens with zero attached hydrogens (tertiary/aromatic N) is 1. The van der Waals surface area contributed by atoms with Gasteiger partial charge in [0.05, 0.1) is 22.0 Å². The molecule has 0 aliphatic rings. The fourth-order valence-corrected chi connectivity index (χ4v) is 4.00. The van der Waals surface area contributed by atoms with Crippen LogP contribution in [0.4, 0.5) is 4.39 Å². The molecule has 0 aliphatic heterocycles. The van der Waals surface area contributed by atoms with E-state index in [1.165, 1.54) is 23.5 Å². The Kier molecular flexibility index (Phi) is 3.99. The first-order valence-electron chi connectivity index (χ1n) is 5.04. The Hall–Kier alpha value is -0.980. The highest BCUT2D eigenvalue weighted by molar-refractivity contribution is 7.91. The summed E-state index contributed by atoms with van der Waals surface area (Å²) in [7, 11) is -3.74. The van der Waals surface area contributed by atoms with Crippen LogP contribution in [0.3, 0.4) is 0 Å². The zero-order valence-corrected chi connectivity index (χ0v) is 11.5. The van der Waals surface area contributed by atoms with Gasteiger partial charge in [-0.3, -0.25) is 0 Å². The highest BCUT2D eigenvalue weighted by atomic mass is 35.5. The van der Waals surface area contributed by atoms with E-state index >= 15 is 0 Å². The van der Waals surface area contributed by atoms with Crippen LogP contribution in [0.2, 0.25) is 5.02 Å². The molecule has 0 aliphatic carbocycles. The molecule has 18 heavy (non-hydrogen) atoms. The minimum Gasteiger partial charge on any atom is -0.250 e. The minimum atomic E-state index is -3.74. The van der Waals surface area contributed by atoms with Gasteiger partial charge in [0.1, 0.15) is 10.7 Å². The number of hydrogen-bond donors (Lipinski definition) is 0. The molecular formula is C11H9ClFNO2S2. The highest BCUT2D eigenvalue weighted by Crippen LogP contribution is 2.25. The van der Waals surface area contributed by atoms with Crippen molar-refractivity contribution in [3.63, 3.8) is 0 Å². The molecular weight excluding hydrogens is 297 g/mol. The Bertz CT molecular complexity index is 621. The molecule has 7 heteroatoms. The molecule has 2 aromatic rings. The van der Waals surface area contributed by atoms with Gasteiger partial charge < -0.3 is 0 Å². The van der Waals surface area contributed by atoms with Crippen LogP contribution in [0.5, 0.6) is 0 Å². The van der Waals surface area contributed by atoms with Crippen LogP contribution in [0.15, 0.2) is 34.0 Å². The molecule has 1 aromatic heterocycles. The van der Waals surface area contributed by atoms with E-state index in [2.05, 4.69) is 4.98 Å². The largest absolute Gasteiger partial charge is 0.250 e. The zero-order valence-electron chi connectivity index (χ0n) is 9.14. The Labute approximate surface area is 113 Å². The van der Waals surface area contributed by atoms with Crippen LogP contribution in [-0.2, 0) is 16.3 Å². The van der Waals surface area contributed by atoms with Crippen molar-refractivity contribution < 1.29 is 12.8 Å². The van der Waals surface area contributed by atoms with Crippen LogP contribution >= 0.6 is 22.9 Å². The lowest BCUT2D eigenvalue weighted by molar-refractivity contribution is 0.566. The number of rotatable bonds is 4. The van der Waals surface area contributed by atoms with E-state index in [-0.39, 0.29) is 17.2 Å². The number of benzene rings is 1. The van der Waals surface area contributed by atoms with E-state index in [9.17, 15) is 12.8 Å². The highest BCUT2D eigenvalue weighted by Gasteiger charge is 2.22. The van der Waals surface area contributed by atoms with E-state index in [4.69, 9.17) is 11.6 Å². The van der Waals surface area contributed by atoms with Crippen molar-refractivity contribution in [1.29, 1.82) is 0 Å². The van der Waals surface area contributed by atoms with E-state index in [1.807, 2.05) is 0 Å². The first-order chi connectivity index (χ1) is 8.50. The lowest BCUT2D eigenvalue weighted by atomic mass is 10.3. The lowest BCUT2D eigenvalue weighted by Gasteiger charge is -2.06. The molecule has 0 radical (unpaired) electrons. The average molecular weight is 306 g/mol. The van der Waals surface area contributed by atoms with Crippen molar-refractivity contribution in [2.75, 3.05) is 5.75 Å². The van der Waals surface area contributed by atoms with Gasteiger partial charge in [0, 0.05) is 11.8 Å². The van der Waals surface area contributed by atoms with Gasteiger partial charge in [-0.25, -0.2) is 17.8 Å². The molecule has 1 aromatic carbocycles. The fraction of sp³-hybridized carbons (Fsp3) is 0.182. The number of hydrogen-bond acceptors (Lipinski definition) is 4. The summed E-state index contributed by atoms with van der Waals surface area (Å²) >= 11 is 7.13. The van der Waals surface area contributed by atoms with Crippen molar-refractivity contribution in [1.82, 2.24) is 4.98 Å².